The van der Waals surface area contributed by atoms with Crippen LogP contribution in [-0.2, 0) is 0 Å². The molecular formula is C37H24N2S. The topological polar surface area (TPSA) is 16.1 Å². The number of anilines is 3. The lowest BCUT2D eigenvalue weighted by Gasteiger charge is -2.27. The Kier molecular flexibility index (Phi) is 5.35. The molecule has 0 aliphatic rings. The molecule has 0 saturated carbocycles. The van der Waals surface area contributed by atoms with E-state index in [0.29, 0.717) is 0 Å². The molecule has 6 aromatic carbocycles. The van der Waals surface area contributed by atoms with Crippen LogP contribution in [0.1, 0.15) is 0 Å². The van der Waals surface area contributed by atoms with Gasteiger partial charge in [0.25, 0.3) is 0 Å². The third-order valence-corrected chi connectivity index (χ3v) is 8.80. The normalized spacial score (nSPS) is 11.5. The van der Waals surface area contributed by atoms with Gasteiger partial charge in [0.1, 0.15) is 4.83 Å². The summed E-state index contributed by atoms with van der Waals surface area (Å²) in [6.45, 7) is 0. The molecule has 0 aliphatic carbocycles. The van der Waals surface area contributed by atoms with Crippen LogP contribution < -0.4 is 4.90 Å². The van der Waals surface area contributed by atoms with Crippen molar-refractivity contribution >= 4 is 70.2 Å². The summed E-state index contributed by atoms with van der Waals surface area (Å²) in [5.41, 5.74) is 5.79. The second-order valence-corrected chi connectivity index (χ2v) is 11.1. The third kappa shape index (κ3) is 3.75. The molecular weight excluding hydrogens is 504 g/mol. The molecule has 188 valence electrons. The van der Waals surface area contributed by atoms with E-state index in [9.17, 15) is 0 Å². The van der Waals surface area contributed by atoms with Gasteiger partial charge in [-0.15, -0.1) is 11.3 Å². The zero-order chi connectivity index (χ0) is 26.5. The summed E-state index contributed by atoms with van der Waals surface area (Å²) < 4.78 is 1.25. The van der Waals surface area contributed by atoms with Crippen molar-refractivity contribution in [1.82, 2.24) is 4.98 Å². The zero-order valence-electron chi connectivity index (χ0n) is 21.7. The molecule has 2 heterocycles. The number of fused-ring (bicyclic) bond motifs is 6. The number of hydrogen-bond donors (Lipinski definition) is 0. The molecule has 0 amide bonds. The minimum absolute atomic E-state index is 1.05. The van der Waals surface area contributed by atoms with Crippen molar-refractivity contribution in [2.24, 2.45) is 0 Å². The summed E-state index contributed by atoms with van der Waals surface area (Å²) >= 11 is 1.75. The van der Waals surface area contributed by atoms with Crippen molar-refractivity contribution in [1.29, 1.82) is 0 Å². The summed E-state index contributed by atoms with van der Waals surface area (Å²) in [5, 5.41) is 7.43. The van der Waals surface area contributed by atoms with E-state index in [1.165, 1.54) is 48.1 Å². The van der Waals surface area contributed by atoms with E-state index >= 15 is 0 Å². The van der Waals surface area contributed by atoms with Gasteiger partial charge in [0.2, 0.25) is 0 Å². The number of rotatable bonds is 4. The second kappa shape index (κ2) is 9.33. The van der Waals surface area contributed by atoms with Crippen molar-refractivity contribution in [2.75, 3.05) is 4.90 Å². The Hall–Kier alpha value is -4.99. The molecule has 0 N–H and O–H groups in total. The summed E-state index contributed by atoms with van der Waals surface area (Å²) in [4.78, 5) is 8.23. The van der Waals surface area contributed by atoms with Crippen LogP contribution in [-0.4, -0.2) is 4.98 Å². The molecule has 40 heavy (non-hydrogen) atoms. The Morgan fingerprint density at radius 3 is 2.00 bits per heavy atom. The molecule has 0 unspecified atom stereocenters. The second-order valence-electron chi connectivity index (χ2n) is 10.0. The number of thiophene rings is 1. The van der Waals surface area contributed by atoms with Crippen LogP contribution in [0, 0.1) is 0 Å². The number of hydrogen-bond acceptors (Lipinski definition) is 3. The third-order valence-electron chi connectivity index (χ3n) is 7.72. The quantitative estimate of drug-likeness (QED) is 0.211. The van der Waals surface area contributed by atoms with E-state index < -0.39 is 0 Å². The van der Waals surface area contributed by atoms with Gasteiger partial charge in [0.05, 0.1) is 5.69 Å². The predicted molar refractivity (Wildman–Crippen MR) is 172 cm³/mol. The number of benzene rings is 6. The molecule has 2 nitrogen and oxygen atoms in total. The maximum absolute atomic E-state index is 4.79. The minimum atomic E-state index is 1.05. The number of aromatic nitrogens is 1. The van der Waals surface area contributed by atoms with Gasteiger partial charge in [-0.2, -0.15) is 0 Å². The van der Waals surface area contributed by atoms with Crippen LogP contribution in [0.5, 0.6) is 0 Å². The lowest BCUT2D eigenvalue weighted by Crippen LogP contribution is -2.10. The van der Waals surface area contributed by atoms with Gasteiger partial charge in [-0.05, 0) is 69.1 Å². The van der Waals surface area contributed by atoms with Crippen LogP contribution in [0.25, 0.3) is 53.0 Å². The number of nitrogens with zero attached hydrogens (tertiary/aromatic N) is 2. The fraction of sp³-hybridized carbons (Fsp3) is 0. The summed E-state index contributed by atoms with van der Waals surface area (Å²) in [5.74, 6) is 0. The van der Waals surface area contributed by atoms with E-state index in [2.05, 4.69) is 144 Å². The molecule has 2 aromatic heterocycles. The van der Waals surface area contributed by atoms with E-state index in [1.54, 1.807) is 11.3 Å². The molecule has 0 spiro atoms. The van der Waals surface area contributed by atoms with Crippen LogP contribution in [0.2, 0.25) is 0 Å². The maximum Gasteiger partial charge on any atom is 0.126 e. The van der Waals surface area contributed by atoms with Crippen molar-refractivity contribution in [3.05, 3.63) is 146 Å². The molecule has 0 fully saturated rings. The standard InChI is InChI=1S/C37H24N2S/c1-2-8-25(9-3-1)26-16-19-29(20-17-26)39(34-22-23-38-37-36(34)32-12-6-7-13-35(32)40-37)30-21-18-28-15-14-27-10-4-5-11-31(27)33(28)24-30/h1-24H. The first-order valence-electron chi connectivity index (χ1n) is 13.5. The summed E-state index contributed by atoms with van der Waals surface area (Å²) in [6, 6.07) is 50.1. The Morgan fingerprint density at radius 1 is 0.500 bits per heavy atom. The van der Waals surface area contributed by atoms with Gasteiger partial charge < -0.3 is 4.90 Å². The molecule has 0 saturated heterocycles. The highest BCUT2D eigenvalue weighted by Gasteiger charge is 2.19. The molecule has 8 rings (SSSR count). The van der Waals surface area contributed by atoms with Crippen LogP contribution in [0.4, 0.5) is 17.1 Å². The minimum Gasteiger partial charge on any atom is -0.310 e. The smallest absolute Gasteiger partial charge is 0.126 e. The van der Waals surface area contributed by atoms with Gasteiger partial charge in [0, 0.05) is 33.0 Å². The first kappa shape index (κ1) is 22.9. The maximum atomic E-state index is 4.79. The van der Waals surface area contributed by atoms with Crippen LogP contribution in [0.15, 0.2) is 146 Å². The van der Waals surface area contributed by atoms with Crippen molar-refractivity contribution in [3.8, 4) is 11.1 Å². The van der Waals surface area contributed by atoms with E-state index in [0.717, 1.165) is 21.9 Å². The SMILES string of the molecule is c1ccc(-c2ccc(N(c3ccc4ccc5ccccc5c4c3)c3ccnc4sc5ccccc5c34)cc2)cc1. The highest BCUT2D eigenvalue weighted by Crippen LogP contribution is 2.45. The largest absolute Gasteiger partial charge is 0.310 e. The average Bonchev–Trinajstić information content (AvgIpc) is 3.41. The Labute approximate surface area is 236 Å². The summed E-state index contributed by atoms with van der Waals surface area (Å²) in [6.07, 6.45) is 1.94. The fourth-order valence-electron chi connectivity index (χ4n) is 5.81. The van der Waals surface area contributed by atoms with Gasteiger partial charge in [-0.1, -0.05) is 103 Å². The molecule has 0 radical (unpaired) electrons. The molecule has 8 aromatic rings. The lowest BCUT2D eigenvalue weighted by molar-refractivity contribution is 1.29. The van der Waals surface area contributed by atoms with Gasteiger partial charge in [-0.3, -0.25) is 0 Å². The first-order chi connectivity index (χ1) is 19.8. The van der Waals surface area contributed by atoms with Gasteiger partial charge in [-0.25, -0.2) is 4.98 Å². The van der Waals surface area contributed by atoms with E-state index in [4.69, 9.17) is 4.98 Å². The van der Waals surface area contributed by atoms with Crippen LogP contribution in [0.3, 0.4) is 0 Å². The first-order valence-corrected chi connectivity index (χ1v) is 14.3. The Morgan fingerprint density at radius 2 is 1.15 bits per heavy atom. The van der Waals surface area contributed by atoms with Gasteiger partial charge in [0.15, 0.2) is 0 Å². The zero-order valence-corrected chi connectivity index (χ0v) is 22.5. The van der Waals surface area contributed by atoms with Crippen molar-refractivity contribution in [3.63, 3.8) is 0 Å². The molecule has 0 bridgehead atoms. The number of pyridine rings is 1. The molecule has 0 aliphatic heterocycles. The Balaban J connectivity index is 1.39. The fourth-order valence-corrected chi connectivity index (χ4v) is 6.87. The molecule has 0 atom stereocenters. The highest BCUT2D eigenvalue weighted by molar-refractivity contribution is 7.25. The van der Waals surface area contributed by atoms with Gasteiger partial charge >= 0.3 is 0 Å². The van der Waals surface area contributed by atoms with Crippen molar-refractivity contribution < 1.29 is 0 Å². The monoisotopic (exact) mass is 528 g/mol. The highest BCUT2D eigenvalue weighted by atomic mass is 32.1. The van der Waals surface area contributed by atoms with Crippen molar-refractivity contribution in [2.45, 2.75) is 0 Å². The summed E-state index contributed by atoms with van der Waals surface area (Å²) in [7, 11) is 0. The van der Waals surface area contributed by atoms with E-state index in [-0.39, 0.29) is 0 Å². The van der Waals surface area contributed by atoms with Crippen LogP contribution >= 0.6 is 11.3 Å². The lowest BCUT2D eigenvalue weighted by atomic mass is 10.0. The predicted octanol–water partition coefficient (Wildman–Crippen LogP) is 10.9. The Bertz CT molecular complexity index is 2160. The molecule has 3 heteroatoms. The average molecular weight is 529 g/mol. The van der Waals surface area contributed by atoms with E-state index in [1.807, 2.05) is 6.20 Å².